The van der Waals surface area contributed by atoms with E-state index < -0.39 is 69.5 Å². The molecule has 0 radical (unpaired) electrons. The molecule has 0 aromatic heterocycles. The lowest BCUT2D eigenvalue weighted by Gasteiger charge is -2.23. The standard InChI is InChI=1S/C18H26I3NO11/c19-13-12(18(31)22-1-7(26)2-23)14(20)17(33-6-11(30)9(28)4-25)15(21)16(13)32-5-10(29)8(27)3-24/h7-11,23-30H,1-6H2,(H,22,31). The number of aliphatic hydroxyl groups excluding tert-OH is 8. The first kappa shape index (κ1) is 31.2. The van der Waals surface area contributed by atoms with Gasteiger partial charge in [-0.3, -0.25) is 4.79 Å². The predicted octanol–water partition coefficient (Wildman–Crippen LogP) is -2.23. The van der Waals surface area contributed by atoms with Crippen LogP contribution in [0.2, 0.25) is 0 Å². The number of nitrogens with one attached hydrogen (secondary N) is 1. The van der Waals surface area contributed by atoms with Gasteiger partial charge in [0.05, 0.1) is 42.2 Å². The topological polar surface area (TPSA) is 209 Å². The highest BCUT2D eigenvalue weighted by atomic mass is 127. The maximum atomic E-state index is 12.8. The highest BCUT2D eigenvalue weighted by Gasteiger charge is 2.29. The average molecular weight is 813 g/mol. The molecule has 1 aromatic carbocycles. The first-order chi connectivity index (χ1) is 15.5. The third-order valence-corrected chi connectivity index (χ3v) is 7.27. The Hall–Kier alpha value is 0.160. The number of hydrogen-bond acceptors (Lipinski definition) is 11. The van der Waals surface area contributed by atoms with Crippen LogP contribution < -0.4 is 14.8 Å². The minimum Gasteiger partial charge on any atom is -0.488 e. The van der Waals surface area contributed by atoms with Gasteiger partial charge in [-0.1, -0.05) is 0 Å². The fourth-order valence-corrected chi connectivity index (χ4v) is 6.52. The van der Waals surface area contributed by atoms with E-state index in [0.29, 0.717) is 10.7 Å². The van der Waals surface area contributed by atoms with E-state index in [1.807, 2.05) is 67.8 Å². The second kappa shape index (κ2) is 15.3. The average Bonchev–Trinajstić information content (AvgIpc) is 2.80. The molecule has 1 aromatic rings. The molecule has 15 heteroatoms. The van der Waals surface area contributed by atoms with E-state index in [1.54, 1.807) is 0 Å². The van der Waals surface area contributed by atoms with Gasteiger partial charge in [0.25, 0.3) is 5.91 Å². The van der Waals surface area contributed by atoms with Crippen molar-refractivity contribution in [3.8, 4) is 11.5 Å². The summed E-state index contributed by atoms with van der Waals surface area (Å²) in [6, 6.07) is 0. The molecule has 12 nitrogen and oxygen atoms in total. The van der Waals surface area contributed by atoms with Crippen molar-refractivity contribution in [1.82, 2.24) is 5.32 Å². The molecule has 0 aliphatic rings. The van der Waals surface area contributed by atoms with E-state index in [1.165, 1.54) is 0 Å². The van der Waals surface area contributed by atoms with Crippen LogP contribution in [0.5, 0.6) is 11.5 Å². The Labute approximate surface area is 230 Å². The Kier molecular flexibility index (Phi) is 14.5. The maximum Gasteiger partial charge on any atom is 0.253 e. The van der Waals surface area contributed by atoms with Gasteiger partial charge in [-0.25, -0.2) is 0 Å². The number of halogens is 3. The number of amides is 1. The van der Waals surface area contributed by atoms with Gasteiger partial charge in [-0.2, -0.15) is 0 Å². The summed E-state index contributed by atoms with van der Waals surface area (Å²) in [6.45, 7) is -3.02. The van der Waals surface area contributed by atoms with E-state index >= 15 is 0 Å². The second-order valence-electron chi connectivity index (χ2n) is 6.78. The van der Waals surface area contributed by atoms with Crippen LogP contribution in [0, 0.1) is 10.7 Å². The van der Waals surface area contributed by atoms with Gasteiger partial charge in [0.2, 0.25) is 0 Å². The van der Waals surface area contributed by atoms with Crippen molar-refractivity contribution in [2.75, 3.05) is 39.6 Å². The third kappa shape index (κ3) is 8.95. The number of hydrogen-bond donors (Lipinski definition) is 9. The molecule has 9 N–H and O–H groups in total. The minimum absolute atomic E-state index is 0.0844. The molecule has 0 saturated heterocycles. The number of ether oxygens (including phenoxy) is 2. The Balaban J connectivity index is 3.36. The SMILES string of the molecule is O=C(NCC(O)CO)c1c(I)c(OCC(O)C(O)CO)c(I)c(OCC(O)C(O)CO)c1I. The summed E-state index contributed by atoms with van der Waals surface area (Å²) in [7, 11) is 0. The van der Waals surface area contributed by atoms with E-state index in [2.05, 4.69) is 5.32 Å². The number of benzene rings is 1. The number of carbonyl (C=O) groups excluding carboxylic acids is 1. The number of carbonyl (C=O) groups is 1. The summed E-state index contributed by atoms with van der Waals surface area (Å²) in [5, 5.41) is 77.9. The molecule has 0 heterocycles. The smallest absolute Gasteiger partial charge is 0.253 e. The largest absolute Gasteiger partial charge is 0.488 e. The summed E-state index contributed by atoms with van der Waals surface area (Å²) in [5.74, 6) is -0.406. The molecular formula is C18H26I3NO11. The quantitative estimate of drug-likeness (QED) is 0.0920. The van der Waals surface area contributed by atoms with Crippen LogP contribution in [0.3, 0.4) is 0 Å². The van der Waals surface area contributed by atoms with Crippen LogP contribution in [0.25, 0.3) is 0 Å². The first-order valence-electron chi connectivity index (χ1n) is 9.47. The van der Waals surface area contributed by atoms with Crippen molar-refractivity contribution in [1.29, 1.82) is 0 Å². The fraction of sp³-hybridized carbons (Fsp3) is 0.611. The van der Waals surface area contributed by atoms with E-state index in [-0.39, 0.29) is 23.6 Å². The molecule has 0 aliphatic heterocycles. The van der Waals surface area contributed by atoms with Crippen LogP contribution in [0.15, 0.2) is 0 Å². The van der Waals surface area contributed by atoms with Crippen molar-refractivity contribution in [2.24, 2.45) is 0 Å². The van der Waals surface area contributed by atoms with Gasteiger partial charge in [-0.05, 0) is 67.8 Å². The normalized spacial score (nSPS) is 16.0. The zero-order valence-electron chi connectivity index (χ0n) is 17.1. The van der Waals surface area contributed by atoms with Gasteiger partial charge in [-0.15, -0.1) is 0 Å². The maximum absolute atomic E-state index is 12.8. The van der Waals surface area contributed by atoms with Crippen molar-refractivity contribution < 1.29 is 55.1 Å². The Morgan fingerprint density at radius 2 is 1.15 bits per heavy atom. The summed E-state index contributed by atoms with van der Waals surface area (Å²) in [6.07, 6.45) is -6.92. The molecule has 0 aliphatic carbocycles. The molecule has 0 fully saturated rings. The van der Waals surface area contributed by atoms with Crippen molar-refractivity contribution >= 4 is 73.7 Å². The van der Waals surface area contributed by atoms with Gasteiger partial charge in [0.1, 0.15) is 37.6 Å². The molecule has 0 saturated carbocycles. The van der Waals surface area contributed by atoms with Gasteiger partial charge < -0.3 is 55.6 Å². The van der Waals surface area contributed by atoms with Crippen LogP contribution in [0.4, 0.5) is 0 Å². The van der Waals surface area contributed by atoms with Crippen LogP contribution in [0.1, 0.15) is 10.4 Å². The molecule has 0 spiro atoms. The summed E-state index contributed by atoms with van der Waals surface area (Å²) in [4.78, 5) is 12.8. The lowest BCUT2D eigenvalue weighted by Crippen LogP contribution is -2.36. The van der Waals surface area contributed by atoms with Gasteiger partial charge in [0.15, 0.2) is 11.5 Å². The van der Waals surface area contributed by atoms with E-state index in [9.17, 15) is 30.3 Å². The fourth-order valence-electron chi connectivity index (χ4n) is 2.24. The Bertz CT molecular complexity index is 738. The number of aliphatic hydroxyl groups is 8. The van der Waals surface area contributed by atoms with Gasteiger partial charge >= 0.3 is 0 Å². The van der Waals surface area contributed by atoms with Crippen molar-refractivity contribution in [3.05, 3.63) is 16.3 Å². The molecule has 5 atom stereocenters. The predicted molar refractivity (Wildman–Crippen MR) is 139 cm³/mol. The van der Waals surface area contributed by atoms with Crippen molar-refractivity contribution in [2.45, 2.75) is 30.5 Å². The van der Waals surface area contributed by atoms with Crippen LogP contribution in [-0.4, -0.2) is 117 Å². The zero-order valence-corrected chi connectivity index (χ0v) is 23.5. The second-order valence-corrected chi connectivity index (χ2v) is 10.0. The molecular weight excluding hydrogens is 787 g/mol. The Morgan fingerprint density at radius 1 is 0.727 bits per heavy atom. The molecule has 1 amide bonds. The lowest BCUT2D eigenvalue weighted by molar-refractivity contribution is -0.0354. The van der Waals surface area contributed by atoms with Gasteiger partial charge in [0, 0.05) is 6.54 Å². The molecule has 190 valence electrons. The third-order valence-electron chi connectivity index (χ3n) is 4.23. The molecule has 0 bridgehead atoms. The van der Waals surface area contributed by atoms with Crippen LogP contribution >= 0.6 is 67.8 Å². The van der Waals surface area contributed by atoms with E-state index in [4.69, 9.17) is 24.8 Å². The first-order valence-corrected chi connectivity index (χ1v) is 12.7. The van der Waals surface area contributed by atoms with Crippen LogP contribution in [-0.2, 0) is 0 Å². The zero-order chi connectivity index (χ0) is 25.3. The van der Waals surface area contributed by atoms with Crippen molar-refractivity contribution in [3.63, 3.8) is 0 Å². The number of rotatable bonds is 14. The molecule has 1 rings (SSSR count). The summed E-state index contributed by atoms with van der Waals surface area (Å²) < 4.78 is 12.2. The lowest BCUT2D eigenvalue weighted by atomic mass is 10.1. The highest BCUT2D eigenvalue weighted by Crippen LogP contribution is 2.42. The Morgan fingerprint density at radius 3 is 1.52 bits per heavy atom. The minimum atomic E-state index is -1.45. The summed E-state index contributed by atoms with van der Waals surface area (Å²) >= 11 is 5.55. The molecule has 5 unspecified atom stereocenters. The highest BCUT2D eigenvalue weighted by molar-refractivity contribution is 14.1. The molecule has 33 heavy (non-hydrogen) atoms. The summed E-state index contributed by atoms with van der Waals surface area (Å²) in [5.41, 5.74) is 0.0844. The van der Waals surface area contributed by atoms with E-state index in [0.717, 1.165) is 0 Å². The monoisotopic (exact) mass is 813 g/mol.